The molecule has 0 aliphatic carbocycles. The fraction of sp³-hybridized carbons (Fsp3) is 0.167. The van der Waals surface area contributed by atoms with Crippen molar-refractivity contribution in [3.63, 3.8) is 0 Å². The maximum atomic E-state index is 6.11. The molecule has 0 N–H and O–H groups in total. The fourth-order valence-corrected chi connectivity index (χ4v) is 3.46. The van der Waals surface area contributed by atoms with Crippen LogP contribution in [-0.2, 0) is 11.3 Å². The van der Waals surface area contributed by atoms with E-state index in [0.717, 1.165) is 6.54 Å². The van der Waals surface area contributed by atoms with Crippen LogP contribution in [0.1, 0.15) is 17.0 Å². The summed E-state index contributed by atoms with van der Waals surface area (Å²) in [5, 5.41) is 1.28. The van der Waals surface area contributed by atoms with Gasteiger partial charge in [0.15, 0.2) is 0 Å². The molecule has 2 heteroatoms. The highest BCUT2D eigenvalue weighted by atomic mass is 16.5. The second-order valence-electron chi connectivity index (χ2n) is 6.52. The lowest BCUT2D eigenvalue weighted by Gasteiger charge is -2.18. The molecule has 1 aromatic heterocycles. The first-order chi connectivity index (χ1) is 12.9. The van der Waals surface area contributed by atoms with Crippen LogP contribution in [0, 0.1) is 0 Å². The van der Waals surface area contributed by atoms with Gasteiger partial charge in [-0.25, -0.2) is 0 Å². The summed E-state index contributed by atoms with van der Waals surface area (Å²) in [6.45, 7) is 2.26. The minimum absolute atomic E-state index is 0.263. The third-order valence-electron chi connectivity index (χ3n) is 4.85. The van der Waals surface area contributed by atoms with E-state index in [9.17, 15) is 0 Å². The van der Waals surface area contributed by atoms with Crippen molar-refractivity contribution in [2.24, 2.45) is 0 Å². The highest BCUT2D eigenvalue weighted by Gasteiger charge is 2.14. The van der Waals surface area contributed by atoms with E-state index in [1.54, 1.807) is 0 Å². The van der Waals surface area contributed by atoms with Crippen molar-refractivity contribution < 1.29 is 4.74 Å². The molecule has 0 saturated heterocycles. The lowest BCUT2D eigenvalue weighted by molar-refractivity contribution is 0.120. The predicted molar refractivity (Wildman–Crippen MR) is 107 cm³/mol. The standard InChI is InChI=1S/C24H23NO/c1-3-9-20(10-4-1)23(21-11-5-2-6-12-21)19-26-18-17-25-16-15-22-13-7-8-14-24(22)25/h1-16,23H,17-19H2. The van der Waals surface area contributed by atoms with Gasteiger partial charge >= 0.3 is 0 Å². The normalized spacial score (nSPS) is 11.3. The van der Waals surface area contributed by atoms with Crippen LogP contribution in [0.3, 0.4) is 0 Å². The van der Waals surface area contributed by atoms with Gasteiger partial charge in [0.25, 0.3) is 0 Å². The zero-order valence-corrected chi connectivity index (χ0v) is 14.8. The van der Waals surface area contributed by atoms with Crippen molar-refractivity contribution in [3.05, 3.63) is 108 Å². The van der Waals surface area contributed by atoms with Gasteiger partial charge < -0.3 is 9.30 Å². The molecule has 0 atom stereocenters. The molecule has 4 rings (SSSR count). The summed E-state index contributed by atoms with van der Waals surface area (Å²) >= 11 is 0. The third kappa shape index (κ3) is 3.71. The Morgan fingerprint density at radius 3 is 2.00 bits per heavy atom. The molecular formula is C24H23NO. The molecule has 130 valence electrons. The van der Waals surface area contributed by atoms with E-state index in [1.807, 2.05) is 0 Å². The molecule has 0 unspecified atom stereocenters. The zero-order valence-electron chi connectivity index (χ0n) is 14.8. The predicted octanol–water partition coefficient (Wildman–Crippen LogP) is 5.49. The van der Waals surface area contributed by atoms with Gasteiger partial charge in [-0.05, 0) is 28.6 Å². The minimum Gasteiger partial charge on any atom is -0.379 e. The summed E-state index contributed by atoms with van der Waals surface area (Å²) in [4.78, 5) is 0. The second kappa shape index (κ2) is 8.03. The first-order valence-electron chi connectivity index (χ1n) is 9.13. The molecule has 0 aliphatic rings. The summed E-state index contributed by atoms with van der Waals surface area (Å²) in [5.41, 5.74) is 3.86. The van der Waals surface area contributed by atoms with Crippen LogP contribution in [-0.4, -0.2) is 17.8 Å². The number of hydrogen-bond acceptors (Lipinski definition) is 1. The number of hydrogen-bond donors (Lipinski definition) is 0. The van der Waals surface area contributed by atoms with Crippen LogP contribution in [0.2, 0.25) is 0 Å². The Kier molecular flexibility index (Phi) is 5.13. The topological polar surface area (TPSA) is 14.2 Å². The summed E-state index contributed by atoms with van der Waals surface area (Å²) in [5.74, 6) is 0.263. The van der Waals surface area contributed by atoms with Crippen molar-refractivity contribution in [2.75, 3.05) is 13.2 Å². The van der Waals surface area contributed by atoms with Crippen LogP contribution < -0.4 is 0 Å². The maximum Gasteiger partial charge on any atom is 0.0646 e. The Bertz CT molecular complexity index is 904. The average Bonchev–Trinajstić information content (AvgIpc) is 3.12. The number of para-hydroxylation sites is 1. The summed E-state index contributed by atoms with van der Waals surface area (Å²) in [7, 11) is 0. The van der Waals surface area contributed by atoms with Crippen molar-refractivity contribution in [2.45, 2.75) is 12.5 Å². The molecule has 0 fully saturated rings. The van der Waals surface area contributed by atoms with E-state index in [2.05, 4.69) is 102 Å². The van der Waals surface area contributed by atoms with E-state index in [-0.39, 0.29) is 5.92 Å². The van der Waals surface area contributed by atoms with Crippen molar-refractivity contribution in [1.29, 1.82) is 0 Å². The Morgan fingerprint density at radius 2 is 1.31 bits per heavy atom. The number of ether oxygens (including phenoxy) is 1. The van der Waals surface area contributed by atoms with Crippen LogP contribution in [0.25, 0.3) is 10.9 Å². The summed E-state index contributed by atoms with van der Waals surface area (Å²) in [6, 6.07) is 31.8. The van der Waals surface area contributed by atoms with E-state index >= 15 is 0 Å². The van der Waals surface area contributed by atoms with Crippen molar-refractivity contribution in [3.8, 4) is 0 Å². The first kappa shape index (κ1) is 16.6. The Balaban J connectivity index is 1.42. The number of fused-ring (bicyclic) bond motifs is 1. The molecule has 0 aliphatic heterocycles. The fourth-order valence-electron chi connectivity index (χ4n) is 3.46. The van der Waals surface area contributed by atoms with E-state index < -0.39 is 0 Å². The minimum atomic E-state index is 0.263. The van der Waals surface area contributed by atoms with Crippen LogP contribution in [0.15, 0.2) is 97.2 Å². The maximum absolute atomic E-state index is 6.11. The quantitative estimate of drug-likeness (QED) is 0.405. The second-order valence-corrected chi connectivity index (χ2v) is 6.52. The van der Waals surface area contributed by atoms with Crippen LogP contribution in [0.5, 0.6) is 0 Å². The summed E-state index contributed by atoms with van der Waals surface area (Å²) in [6.07, 6.45) is 2.14. The van der Waals surface area contributed by atoms with Gasteiger partial charge in [0.1, 0.15) is 0 Å². The zero-order chi connectivity index (χ0) is 17.6. The Labute approximate surface area is 154 Å². The number of rotatable bonds is 7. The number of aromatic nitrogens is 1. The molecule has 0 amide bonds. The number of nitrogens with zero attached hydrogens (tertiary/aromatic N) is 1. The smallest absolute Gasteiger partial charge is 0.0646 e. The van der Waals surface area contributed by atoms with E-state index in [1.165, 1.54) is 22.0 Å². The number of benzene rings is 3. The Morgan fingerprint density at radius 1 is 0.692 bits per heavy atom. The molecule has 1 heterocycles. The molecule has 4 aromatic rings. The highest BCUT2D eigenvalue weighted by Crippen LogP contribution is 2.25. The molecule has 2 nitrogen and oxygen atoms in total. The monoisotopic (exact) mass is 341 g/mol. The van der Waals surface area contributed by atoms with Gasteiger partial charge in [-0.3, -0.25) is 0 Å². The van der Waals surface area contributed by atoms with Gasteiger partial charge in [0.05, 0.1) is 13.2 Å². The molecule has 26 heavy (non-hydrogen) atoms. The summed E-state index contributed by atoms with van der Waals surface area (Å²) < 4.78 is 8.37. The van der Waals surface area contributed by atoms with Gasteiger partial charge in [-0.15, -0.1) is 0 Å². The average molecular weight is 341 g/mol. The largest absolute Gasteiger partial charge is 0.379 e. The lowest BCUT2D eigenvalue weighted by atomic mass is 9.92. The molecule has 0 saturated carbocycles. The Hall–Kier alpha value is -2.84. The molecule has 0 bridgehead atoms. The molecular weight excluding hydrogens is 318 g/mol. The molecule has 0 radical (unpaired) electrons. The van der Waals surface area contributed by atoms with Crippen molar-refractivity contribution >= 4 is 10.9 Å². The molecule has 3 aromatic carbocycles. The van der Waals surface area contributed by atoms with E-state index in [4.69, 9.17) is 4.74 Å². The third-order valence-corrected chi connectivity index (χ3v) is 4.85. The van der Waals surface area contributed by atoms with Crippen molar-refractivity contribution in [1.82, 2.24) is 4.57 Å². The van der Waals surface area contributed by atoms with Gasteiger partial charge in [0, 0.05) is 24.2 Å². The lowest BCUT2D eigenvalue weighted by Crippen LogP contribution is -2.13. The highest BCUT2D eigenvalue weighted by molar-refractivity contribution is 5.79. The van der Waals surface area contributed by atoms with Gasteiger partial charge in [-0.1, -0.05) is 78.9 Å². The first-order valence-corrected chi connectivity index (χ1v) is 9.13. The van der Waals surface area contributed by atoms with Crippen LogP contribution >= 0.6 is 0 Å². The van der Waals surface area contributed by atoms with Crippen LogP contribution in [0.4, 0.5) is 0 Å². The SMILES string of the molecule is c1ccc(C(COCCn2ccc3ccccc32)c2ccccc2)cc1. The van der Waals surface area contributed by atoms with Gasteiger partial charge in [0.2, 0.25) is 0 Å². The van der Waals surface area contributed by atoms with Gasteiger partial charge in [-0.2, -0.15) is 0 Å². The molecule has 0 spiro atoms. The van der Waals surface area contributed by atoms with E-state index in [0.29, 0.717) is 13.2 Å².